The van der Waals surface area contributed by atoms with E-state index in [9.17, 15) is 0 Å². The van der Waals surface area contributed by atoms with Gasteiger partial charge in [-0.1, -0.05) is 0 Å². The zero-order valence-electron chi connectivity index (χ0n) is 11.8. The second-order valence-corrected chi connectivity index (χ2v) is 5.01. The predicted molar refractivity (Wildman–Crippen MR) is 78.1 cm³/mol. The van der Waals surface area contributed by atoms with Crippen LogP contribution in [0.3, 0.4) is 0 Å². The number of nitrogens with one attached hydrogen (secondary N) is 1. The number of hydrogen-bond acceptors (Lipinski definition) is 6. The lowest BCUT2D eigenvalue weighted by Gasteiger charge is -2.22. The van der Waals surface area contributed by atoms with Crippen molar-refractivity contribution in [2.24, 2.45) is 5.73 Å². The third-order valence-electron chi connectivity index (χ3n) is 3.41. The fourth-order valence-electron chi connectivity index (χ4n) is 2.37. The molecule has 1 aromatic heterocycles. The van der Waals surface area contributed by atoms with E-state index in [4.69, 9.17) is 16.2 Å². The van der Waals surface area contributed by atoms with Crippen LogP contribution in [-0.2, 0) is 0 Å². The molecule has 4 N–H and O–H groups in total. The molecule has 0 unspecified atom stereocenters. The summed E-state index contributed by atoms with van der Waals surface area (Å²) in [7, 11) is 0. The molecule has 0 radical (unpaired) electrons. The van der Waals surface area contributed by atoms with E-state index in [1.807, 2.05) is 6.92 Å². The van der Waals surface area contributed by atoms with Gasteiger partial charge in [-0.3, -0.25) is 10.3 Å². The Morgan fingerprint density at radius 3 is 2.85 bits per heavy atom. The first-order valence-corrected chi connectivity index (χ1v) is 6.88. The molecule has 0 amide bonds. The van der Waals surface area contributed by atoms with E-state index in [0.29, 0.717) is 18.2 Å². The van der Waals surface area contributed by atoms with E-state index in [-0.39, 0.29) is 12.4 Å². The highest BCUT2D eigenvalue weighted by Crippen LogP contribution is 2.13. The van der Waals surface area contributed by atoms with Crippen molar-refractivity contribution in [1.82, 2.24) is 14.9 Å². The Morgan fingerprint density at radius 1 is 1.35 bits per heavy atom. The molecule has 1 fully saturated rings. The van der Waals surface area contributed by atoms with Gasteiger partial charge in [0.1, 0.15) is 11.5 Å². The second-order valence-electron chi connectivity index (χ2n) is 5.01. The van der Waals surface area contributed by atoms with Crippen molar-refractivity contribution in [2.45, 2.75) is 13.3 Å². The molecule has 0 atom stereocenters. The lowest BCUT2D eigenvalue weighted by molar-refractivity contribution is 0.204. The number of β-amino-alcohol motifs (C(OH)–C–C–N with tert-alkyl or cyclic N) is 1. The minimum Gasteiger partial charge on any atom is -0.395 e. The van der Waals surface area contributed by atoms with Gasteiger partial charge in [0.15, 0.2) is 0 Å². The number of anilines is 1. The Kier molecular flexibility index (Phi) is 4.86. The molecule has 1 aromatic rings. The van der Waals surface area contributed by atoms with Gasteiger partial charge in [0.2, 0.25) is 5.95 Å². The topological polar surface area (TPSA) is 102 Å². The summed E-state index contributed by atoms with van der Waals surface area (Å²) in [5, 5.41) is 16.5. The maximum absolute atomic E-state index is 9.01. The number of nitrogen functional groups attached to an aromatic ring is 1. The Morgan fingerprint density at radius 2 is 2.15 bits per heavy atom. The predicted octanol–water partition coefficient (Wildman–Crippen LogP) is -0.427. The van der Waals surface area contributed by atoms with Gasteiger partial charge in [0.25, 0.3) is 0 Å². The van der Waals surface area contributed by atoms with Crippen LogP contribution in [0.25, 0.3) is 0 Å². The first kappa shape index (κ1) is 14.7. The van der Waals surface area contributed by atoms with Gasteiger partial charge >= 0.3 is 0 Å². The van der Waals surface area contributed by atoms with Crippen molar-refractivity contribution in [1.29, 1.82) is 5.41 Å². The number of nitrogens with zero attached hydrogens (tertiary/aromatic N) is 4. The molecule has 0 aliphatic carbocycles. The summed E-state index contributed by atoms with van der Waals surface area (Å²) in [5.74, 6) is 0.606. The van der Waals surface area contributed by atoms with E-state index in [2.05, 4.69) is 19.8 Å². The van der Waals surface area contributed by atoms with Gasteiger partial charge in [-0.15, -0.1) is 0 Å². The molecule has 7 nitrogen and oxygen atoms in total. The fourth-order valence-corrected chi connectivity index (χ4v) is 2.37. The molecule has 1 saturated heterocycles. The molecule has 1 aliphatic heterocycles. The minimum absolute atomic E-state index is 0.0338. The highest BCUT2D eigenvalue weighted by molar-refractivity contribution is 5.93. The van der Waals surface area contributed by atoms with Crippen LogP contribution in [-0.4, -0.2) is 65.1 Å². The fraction of sp³-hybridized carbons (Fsp3) is 0.615. The largest absolute Gasteiger partial charge is 0.395 e. The second kappa shape index (κ2) is 6.62. The van der Waals surface area contributed by atoms with Crippen molar-refractivity contribution in [2.75, 3.05) is 44.2 Å². The SMILES string of the molecule is Cc1cc(C(=N)N)nc(N2CCCN(CCO)CC2)n1. The van der Waals surface area contributed by atoms with E-state index >= 15 is 0 Å². The third-order valence-corrected chi connectivity index (χ3v) is 3.41. The van der Waals surface area contributed by atoms with Gasteiger partial charge < -0.3 is 15.7 Å². The number of nitrogens with two attached hydrogens (primary N) is 1. The number of hydrogen-bond donors (Lipinski definition) is 3. The van der Waals surface area contributed by atoms with Gasteiger partial charge in [-0.25, -0.2) is 9.97 Å². The van der Waals surface area contributed by atoms with E-state index in [1.165, 1.54) is 0 Å². The van der Waals surface area contributed by atoms with Gasteiger partial charge in [-0.05, 0) is 26.0 Å². The molecular weight excluding hydrogens is 256 g/mol. The normalized spacial score (nSPS) is 17.0. The lowest BCUT2D eigenvalue weighted by atomic mass is 10.3. The molecule has 7 heteroatoms. The molecule has 0 bridgehead atoms. The molecular formula is C13H22N6O. The number of aliphatic hydroxyl groups is 1. The van der Waals surface area contributed by atoms with Crippen LogP contribution < -0.4 is 10.6 Å². The Balaban J connectivity index is 2.13. The molecule has 0 aromatic carbocycles. The van der Waals surface area contributed by atoms with Crippen LogP contribution in [0.4, 0.5) is 5.95 Å². The molecule has 2 heterocycles. The van der Waals surface area contributed by atoms with Crippen LogP contribution in [0.1, 0.15) is 17.8 Å². The average Bonchev–Trinajstić information content (AvgIpc) is 2.64. The average molecular weight is 278 g/mol. The number of rotatable bonds is 4. The zero-order chi connectivity index (χ0) is 14.5. The molecule has 110 valence electrons. The van der Waals surface area contributed by atoms with Gasteiger partial charge in [0.05, 0.1) is 6.61 Å². The molecule has 1 aliphatic rings. The Labute approximate surface area is 118 Å². The van der Waals surface area contributed by atoms with Crippen LogP contribution in [0.5, 0.6) is 0 Å². The smallest absolute Gasteiger partial charge is 0.226 e. The number of aliphatic hydroxyl groups excluding tert-OH is 1. The maximum Gasteiger partial charge on any atom is 0.226 e. The summed E-state index contributed by atoms with van der Waals surface area (Å²) in [4.78, 5) is 13.2. The van der Waals surface area contributed by atoms with Crippen LogP contribution in [0.15, 0.2) is 6.07 Å². The summed E-state index contributed by atoms with van der Waals surface area (Å²) in [6.07, 6.45) is 1.01. The van der Waals surface area contributed by atoms with Crippen molar-refractivity contribution < 1.29 is 5.11 Å². The monoisotopic (exact) mass is 278 g/mol. The van der Waals surface area contributed by atoms with Crippen molar-refractivity contribution in [3.8, 4) is 0 Å². The van der Waals surface area contributed by atoms with E-state index < -0.39 is 0 Å². The first-order chi connectivity index (χ1) is 9.60. The van der Waals surface area contributed by atoms with Crippen molar-refractivity contribution >= 4 is 11.8 Å². The molecule has 2 rings (SSSR count). The van der Waals surface area contributed by atoms with Crippen LogP contribution in [0, 0.1) is 12.3 Å². The summed E-state index contributed by atoms with van der Waals surface area (Å²) in [6, 6.07) is 1.72. The lowest BCUT2D eigenvalue weighted by Crippen LogP contribution is -2.33. The summed E-state index contributed by atoms with van der Waals surface area (Å²) >= 11 is 0. The summed E-state index contributed by atoms with van der Waals surface area (Å²) in [5.41, 5.74) is 6.80. The Bertz CT molecular complexity index is 478. The van der Waals surface area contributed by atoms with Crippen molar-refractivity contribution in [3.05, 3.63) is 17.5 Å². The quantitative estimate of drug-likeness (QED) is 0.510. The standard InChI is InChI=1S/C13H22N6O/c1-10-9-11(12(14)15)17-13(16-10)19-4-2-3-18(5-6-19)7-8-20/h9,20H,2-8H2,1H3,(H3,14,15). The Hall–Kier alpha value is -1.73. The first-order valence-electron chi connectivity index (χ1n) is 6.88. The van der Waals surface area contributed by atoms with Gasteiger partial charge in [-0.2, -0.15) is 0 Å². The zero-order valence-corrected chi connectivity index (χ0v) is 11.8. The number of aryl methyl sites for hydroxylation is 1. The number of aromatic nitrogens is 2. The molecule has 20 heavy (non-hydrogen) atoms. The molecule has 0 saturated carbocycles. The minimum atomic E-state index is -0.0338. The van der Waals surface area contributed by atoms with Crippen LogP contribution >= 0.6 is 0 Å². The van der Waals surface area contributed by atoms with Crippen molar-refractivity contribution in [3.63, 3.8) is 0 Å². The number of amidine groups is 1. The maximum atomic E-state index is 9.01. The van der Waals surface area contributed by atoms with E-state index in [1.54, 1.807) is 6.07 Å². The third kappa shape index (κ3) is 3.64. The summed E-state index contributed by atoms with van der Waals surface area (Å²) in [6.45, 7) is 6.34. The van der Waals surface area contributed by atoms with Crippen LogP contribution in [0.2, 0.25) is 0 Å². The highest BCUT2D eigenvalue weighted by Gasteiger charge is 2.17. The molecule has 0 spiro atoms. The van der Waals surface area contributed by atoms with Gasteiger partial charge in [0, 0.05) is 31.9 Å². The highest BCUT2D eigenvalue weighted by atomic mass is 16.3. The summed E-state index contributed by atoms with van der Waals surface area (Å²) < 4.78 is 0. The van der Waals surface area contributed by atoms with E-state index in [0.717, 1.165) is 38.3 Å².